The number of hydrogen-bond donors (Lipinski definition) is 0. The molecule has 3 rings (SSSR count). The molecular formula is C24H25NO5. The summed E-state index contributed by atoms with van der Waals surface area (Å²) in [6.07, 6.45) is 4.92. The molecule has 0 fully saturated rings. The number of nitrogens with zero attached hydrogens (tertiary/aromatic N) is 1. The monoisotopic (exact) mass is 407 g/mol. The normalized spacial score (nSPS) is 11.6. The van der Waals surface area contributed by atoms with Crippen molar-refractivity contribution < 1.29 is 23.8 Å². The van der Waals surface area contributed by atoms with Gasteiger partial charge in [-0.15, -0.1) is 0 Å². The molecule has 1 aromatic heterocycles. The molecule has 30 heavy (non-hydrogen) atoms. The molecular weight excluding hydrogens is 382 g/mol. The van der Waals surface area contributed by atoms with E-state index in [9.17, 15) is 9.59 Å². The summed E-state index contributed by atoms with van der Waals surface area (Å²) < 4.78 is 17.2. The van der Waals surface area contributed by atoms with Crippen LogP contribution in [0.15, 0.2) is 48.7 Å². The number of methoxy groups -OCH3 is 2. The van der Waals surface area contributed by atoms with Gasteiger partial charge in [-0.05, 0) is 50.6 Å². The molecule has 0 bridgehead atoms. The first-order chi connectivity index (χ1) is 14.2. The highest BCUT2D eigenvalue weighted by Gasteiger charge is 2.20. The van der Waals surface area contributed by atoms with E-state index < -0.39 is 17.7 Å². The molecule has 0 N–H and O–H groups in total. The van der Waals surface area contributed by atoms with Crippen molar-refractivity contribution in [3.05, 3.63) is 65.4 Å². The SMILES string of the molecule is COC(=O)c1ccccc1/C=C/c1cn(C(=O)OC(C)(C)C)c2ccc(OC)cc12. The van der Waals surface area contributed by atoms with Gasteiger partial charge in [0.1, 0.15) is 11.4 Å². The van der Waals surface area contributed by atoms with Crippen molar-refractivity contribution in [3.8, 4) is 5.75 Å². The van der Waals surface area contributed by atoms with Crippen LogP contribution in [0.2, 0.25) is 0 Å². The van der Waals surface area contributed by atoms with Gasteiger partial charge in [0, 0.05) is 17.1 Å². The van der Waals surface area contributed by atoms with Gasteiger partial charge in [0.25, 0.3) is 0 Å². The lowest BCUT2D eigenvalue weighted by molar-refractivity contribution is 0.0542. The van der Waals surface area contributed by atoms with Crippen molar-refractivity contribution >= 4 is 35.1 Å². The number of esters is 1. The number of rotatable bonds is 4. The molecule has 0 aliphatic heterocycles. The quantitative estimate of drug-likeness (QED) is 0.543. The lowest BCUT2D eigenvalue weighted by atomic mass is 10.1. The molecule has 2 aromatic carbocycles. The van der Waals surface area contributed by atoms with Gasteiger partial charge in [-0.25, -0.2) is 9.59 Å². The fourth-order valence-corrected chi connectivity index (χ4v) is 3.07. The summed E-state index contributed by atoms with van der Waals surface area (Å²) in [6.45, 7) is 5.47. The van der Waals surface area contributed by atoms with Gasteiger partial charge < -0.3 is 14.2 Å². The molecule has 0 unspecified atom stereocenters. The van der Waals surface area contributed by atoms with Crippen LogP contribution >= 0.6 is 0 Å². The second-order valence-corrected chi connectivity index (χ2v) is 7.73. The van der Waals surface area contributed by atoms with Crippen molar-refractivity contribution in [1.82, 2.24) is 4.57 Å². The van der Waals surface area contributed by atoms with Crippen LogP contribution in [-0.4, -0.2) is 36.5 Å². The first-order valence-corrected chi connectivity index (χ1v) is 9.51. The summed E-state index contributed by atoms with van der Waals surface area (Å²) in [4.78, 5) is 24.8. The zero-order valence-electron chi connectivity index (χ0n) is 17.8. The van der Waals surface area contributed by atoms with Gasteiger partial charge in [0.05, 0.1) is 25.3 Å². The summed E-state index contributed by atoms with van der Waals surface area (Å²) in [5.74, 6) is 0.266. The Kier molecular flexibility index (Phi) is 5.96. The van der Waals surface area contributed by atoms with Crippen molar-refractivity contribution in [1.29, 1.82) is 0 Å². The summed E-state index contributed by atoms with van der Waals surface area (Å²) in [7, 11) is 2.94. The Morgan fingerprint density at radius 3 is 2.33 bits per heavy atom. The van der Waals surface area contributed by atoms with Crippen LogP contribution in [0.25, 0.3) is 23.1 Å². The van der Waals surface area contributed by atoms with Gasteiger partial charge in [0.2, 0.25) is 0 Å². The minimum Gasteiger partial charge on any atom is -0.497 e. The van der Waals surface area contributed by atoms with Crippen molar-refractivity contribution in [3.63, 3.8) is 0 Å². The Bertz CT molecular complexity index is 1120. The molecule has 0 atom stereocenters. The molecule has 0 amide bonds. The fourth-order valence-electron chi connectivity index (χ4n) is 3.07. The Morgan fingerprint density at radius 1 is 0.967 bits per heavy atom. The van der Waals surface area contributed by atoms with E-state index in [1.807, 2.05) is 57.2 Å². The smallest absolute Gasteiger partial charge is 0.419 e. The molecule has 1 heterocycles. The average Bonchev–Trinajstić information content (AvgIpc) is 3.08. The van der Waals surface area contributed by atoms with Crippen molar-refractivity contribution in [2.75, 3.05) is 14.2 Å². The second-order valence-electron chi connectivity index (χ2n) is 7.73. The van der Waals surface area contributed by atoms with Gasteiger partial charge >= 0.3 is 12.1 Å². The molecule has 156 valence electrons. The number of ether oxygens (including phenoxy) is 3. The van der Waals surface area contributed by atoms with Crippen LogP contribution in [0.3, 0.4) is 0 Å². The number of aromatic nitrogens is 1. The Hall–Kier alpha value is -3.54. The maximum Gasteiger partial charge on any atom is 0.419 e. The molecule has 0 saturated heterocycles. The van der Waals surface area contributed by atoms with Gasteiger partial charge in [0.15, 0.2) is 0 Å². The molecule has 0 saturated carbocycles. The van der Waals surface area contributed by atoms with E-state index in [1.54, 1.807) is 31.5 Å². The molecule has 3 aromatic rings. The van der Waals surface area contributed by atoms with Crippen LogP contribution in [0.4, 0.5) is 4.79 Å². The lowest BCUT2D eigenvalue weighted by Gasteiger charge is -2.19. The van der Waals surface area contributed by atoms with Gasteiger partial charge in [-0.2, -0.15) is 0 Å². The second kappa shape index (κ2) is 8.45. The maximum atomic E-state index is 12.7. The van der Waals surface area contributed by atoms with Crippen LogP contribution in [0.5, 0.6) is 5.75 Å². The molecule has 0 aliphatic carbocycles. The predicted octanol–water partition coefficient (Wildman–Crippen LogP) is 5.39. The van der Waals surface area contributed by atoms with Gasteiger partial charge in [-0.3, -0.25) is 4.57 Å². The Morgan fingerprint density at radius 2 is 1.67 bits per heavy atom. The largest absolute Gasteiger partial charge is 0.497 e. The first-order valence-electron chi connectivity index (χ1n) is 9.51. The van der Waals surface area contributed by atoms with E-state index in [0.717, 1.165) is 10.9 Å². The number of carbonyl (C=O) groups excluding carboxylic acids is 2. The molecule has 6 nitrogen and oxygen atoms in total. The van der Waals surface area contributed by atoms with E-state index in [2.05, 4.69) is 0 Å². The van der Waals surface area contributed by atoms with Crippen LogP contribution in [0.1, 0.15) is 42.3 Å². The first kappa shape index (κ1) is 21.2. The zero-order chi connectivity index (χ0) is 21.9. The summed E-state index contributed by atoms with van der Waals surface area (Å²) in [6, 6.07) is 12.6. The standard InChI is InChI=1S/C24H25NO5/c1-24(2,3)30-23(27)25-15-17(20-14-18(28-4)12-13-21(20)25)11-10-16-8-6-7-9-19(16)22(26)29-5/h6-15H,1-5H3/b11-10+. The Balaban J connectivity index is 2.09. The summed E-state index contributed by atoms with van der Waals surface area (Å²) >= 11 is 0. The van der Waals surface area contributed by atoms with Crippen LogP contribution < -0.4 is 4.74 Å². The summed E-state index contributed by atoms with van der Waals surface area (Å²) in [5.41, 5.74) is 2.05. The highest BCUT2D eigenvalue weighted by Crippen LogP contribution is 2.28. The minimum absolute atomic E-state index is 0.409. The topological polar surface area (TPSA) is 66.8 Å². The minimum atomic E-state index is -0.615. The summed E-state index contributed by atoms with van der Waals surface area (Å²) in [5, 5.41) is 0.826. The van der Waals surface area contributed by atoms with Gasteiger partial charge in [-0.1, -0.05) is 30.4 Å². The van der Waals surface area contributed by atoms with E-state index in [0.29, 0.717) is 22.4 Å². The highest BCUT2D eigenvalue weighted by molar-refractivity contribution is 5.99. The van der Waals surface area contributed by atoms with Crippen LogP contribution in [-0.2, 0) is 9.47 Å². The fraction of sp³-hybridized carbons (Fsp3) is 0.250. The number of carbonyl (C=O) groups is 2. The zero-order valence-corrected chi connectivity index (χ0v) is 17.8. The third-order valence-corrected chi connectivity index (χ3v) is 4.44. The van der Waals surface area contributed by atoms with E-state index in [4.69, 9.17) is 14.2 Å². The van der Waals surface area contributed by atoms with Crippen molar-refractivity contribution in [2.24, 2.45) is 0 Å². The van der Waals surface area contributed by atoms with E-state index >= 15 is 0 Å². The number of benzene rings is 2. The van der Waals surface area contributed by atoms with E-state index in [1.165, 1.54) is 11.7 Å². The predicted molar refractivity (Wildman–Crippen MR) is 117 cm³/mol. The third kappa shape index (κ3) is 4.54. The van der Waals surface area contributed by atoms with Crippen LogP contribution in [0, 0.1) is 0 Å². The molecule has 0 aliphatic rings. The van der Waals surface area contributed by atoms with E-state index in [-0.39, 0.29) is 0 Å². The maximum absolute atomic E-state index is 12.7. The number of hydrogen-bond acceptors (Lipinski definition) is 5. The average molecular weight is 407 g/mol. The lowest BCUT2D eigenvalue weighted by Crippen LogP contribution is -2.26. The molecule has 0 radical (unpaired) electrons. The number of fused-ring (bicyclic) bond motifs is 1. The third-order valence-electron chi connectivity index (χ3n) is 4.44. The highest BCUT2D eigenvalue weighted by atomic mass is 16.6. The molecule has 6 heteroatoms. The van der Waals surface area contributed by atoms with Crippen molar-refractivity contribution in [2.45, 2.75) is 26.4 Å². The Labute approximate surface area is 175 Å². The molecule has 0 spiro atoms.